The van der Waals surface area contributed by atoms with E-state index in [9.17, 15) is 8.42 Å². The van der Waals surface area contributed by atoms with Gasteiger partial charge in [0.05, 0.1) is 11.5 Å². The quantitative estimate of drug-likeness (QED) is 0.739. The molecule has 0 unspecified atom stereocenters. The molecule has 0 atom stereocenters. The number of hydrogen-bond donors (Lipinski definition) is 2. The molecule has 0 spiro atoms. The molecule has 1 aromatic carbocycles. The van der Waals surface area contributed by atoms with Crippen LogP contribution < -0.4 is 4.72 Å². The maximum absolute atomic E-state index is 12.1. The highest BCUT2D eigenvalue weighted by molar-refractivity contribution is 7.89. The normalized spacial score (nSPS) is 11.2. The topological polar surface area (TPSA) is 69.6 Å². The summed E-state index contributed by atoms with van der Waals surface area (Å²) in [5.74, 6) is 5.59. The fourth-order valence-electron chi connectivity index (χ4n) is 1.45. The number of nitrogens with one attached hydrogen (secondary N) is 1. The van der Waals surface area contributed by atoms with Crippen molar-refractivity contribution in [2.75, 3.05) is 33.8 Å². The van der Waals surface area contributed by atoms with Gasteiger partial charge in [-0.3, -0.25) is 0 Å². The number of aliphatic hydroxyl groups excluding tert-OH is 1. The molecule has 0 heterocycles. The van der Waals surface area contributed by atoms with Crippen molar-refractivity contribution in [3.63, 3.8) is 0 Å². The van der Waals surface area contributed by atoms with E-state index in [0.29, 0.717) is 25.1 Å². The highest BCUT2D eigenvalue weighted by Crippen LogP contribution is 2.10. The predicted octanol–water partition coefficient (Wildman–Crippen LogP) is 0.260. The molecule has 1 rings (SSSR count). The van der Waals surface area contributed by atoms with E-state index in [1.807, 2.05) is 19.0 Å². The SMILES string of the molecule is CN(C)CCNS(=O)(=O)c1cccc(C#CCCO)c1. The van der Waals surface area contributed by atoms with Gasteiger partial charge in [0.15, 0.2) is 0 Å². The molecule has 0 aliphatic rings. The van der Waals surface area contributed by atoms with Gasteiger partial charge in [0.1, 0.15) is 0 Å². The lowest BCUT2D eigenvalue weighted by Gasteiger charge is -2.11. The van der Waals surface area contributed by atoms with E-state index in [-0.39, 0.29) is 11.5 Å². The largest absolute Gasteiger partial charge is 0.395 e. The molecule has 0 radical (unpaired) electrons. The van der Waals surface area contributed by atoms with Crippen molar-refractivity contribution in [1.29, 1.82) is 0 Å². The number of likely N-dealkylation sites (N-methyl/N-ethyl adjacent to an activating group) is 1. The van der Waals surface area contributed by atoms with Crippen LogP contribution in [0.1, 0.15) is 12.0 Å². The first kappa shape index (κ1) is 16.7. The van der Waals surface area contributed by atoms with E-state index in [1.54, 1.807) is 12.1 Å². The van der Waals surface area contributed by atoms with E-state index in [1.165, 1.54) is 12.1 Å². The Morgan fingerprint density at radius 1 is 1.35 bits per heavy atom. The predicted molar refractivity (Wildman–Crippen MR) is 78.8 cm³/mol. The number of nitrogens with zero attached hydrogens (tertiary/aromatic N) is 1. The Hall–Kier alpha value is -1.39. The molecule has 6 heteroatoms. The van der Waals surface area contributed by atoms with Crippen LogP contribution in [0.15, 0.2) is 29.2 Å². The lowest BCUT2D eigenvalue weighted by Crippen LogP contribution is -2.31. The second-order valence-corrected chi connectivity index (χ2v) is 6.27. The first-order chi connectivity index (χ1) is 9.45. The van der Waals surface area contributed by atoms with Gasteiger partial charge in [-0.1, -0.05) is 17.9 Å². The van der Waals surface area contributed by atoms with E-state index in [0.717, 1.165) is 0 Å². The fraction of sp³-hybridized carbons (Fsp3) is 0.429. The molecule has 20 heavy (non-hydrogen) atoms. The number of rotatable bonds is 6. The van der Waals surface area contributed by atoms with Crippen LogP contribution in [-0.2, 0) is 10.0 Å². The van der Waals surface area contributed by atoms with Crippen molar-refractivity contribution in [3.8, 4) is 11.8 Å². The zero-order valence-electron chi connectivity index (χ0n) is 11.8. The van der Waals surface area contributed by atoms with Gasteiger partial charge in [-0.05, 0) is 32.3 Å². The second kappa shape index (κ2) is 8.02. The number of aliphatic hydroxyl groups is 1. The average Bonchev–Trinajstić information content (AvgIpc) is 2.39. The summed E-state index contributed by atoms with van der Waals surface area (Å²) in [5.41, 5.74) is 0.619. The van der Waals surface area contributed by atoms with Crippen molar-refractivity contribution >= 4 is 10.0 Å². The summed E-state index contributed by atoms with van der Waals surface area (Å²) in [4.78, 5) is 2.10. The molecule has 0 bridgehead atoms. The molecular weight excluding hydrogens is 276 g/mol. The van der Waals surface area contributed by atoms with Gasteiger partial charge in [0.2, 0.25) is 10.0 Å². The van der Waals surface area contributed by atoms with Crippen LogP contribution in [0.2, 0.25) is 0 Å². The molecule has 2 N–H and O–H groups in total. The van der Waals surface area contributed by atoms with Gasteiger partial charge in [-0.2, -0.15) is 0 Å². The third kappa shape index (κ3) is 5.72. The van der Waals surface area contributed by atoms with E-state index in [4.69, 9.17) is 5.11 Å². The average molecular weight is 296 g/mol. The van der Waals surface area contributed by atoms with Gasteiger partial charge >= 0.3 is 0 Å². The van der Waals surface area contributed by atoms with Crippen LogP contribution in [0.25, 0.3) is 0 Å². The van der Waals surface area contributed by atoms with Crippen molar-refractivity contribution < 1.29 is 13.5 Å². The van der Waals surface area contributed by atoms with Crippen LogP contribution in [-0.4, -0.2) is 52.2 Å². The van der Waals surface area contributed by atoms with Crippen molar-refractivity contribution in [1.82, 2.24) is 9.62 Å². The third-order valence-electron chi connectivity index (χ3n) is 2.46. The highest BCUT2D eigenvalue weighted by Gasteiger charge is 2.13. The van der Waals surface area contributed by atoms with Crippen molar-refractivity contribution in [2.45, 2.75) is 11.3 Å². The number of benzene rings is 1. The summed E-state index contributed by atoms with van der Waals surface area (Å²) in [7, 11) is 0.258. The summed E-state index contributed by atoms with van der Waals surface area (Å²) in [6.07, 6.45) is 0.373. The molecule has 5 nitrogen and oxygen atoms in total. The molecule has 0 aliphatic heterocycles. The van der Waals surface area contributed by atoms with Gasteiger partial charge in [0, 0.05) is 25.1 Å². The monoisotopic (exact) mass is 296 g/mol. The lowest BCUT2D eigenvalue weighted by molar-refractivity contribution is 0.305. The Morgan fingerprint density at radius 3 is 2.75 bits per heavy atom. The smallest absolute Gasteiger partial charge is 0.240 e. The third-order valence-corrected chi connectivity index (χ3v) is 3.92. The summed E-state index contributed by atoms with van der Waals surface area (Å²) >= 11 is 0. The Morgan fingerprint density at radius 2 is 2.10 bits per heavy atom. The van der Waals surface area contributed by atoms with Crippen molar-refractivity contribution in [2.24, 2.45) is 0 Å². The maximum atomic E-state index is 12.1. The minimum Gasteiger partial charge on any atom is -0.395 e. The minimum atomic E-state index is -3.50. The zero-order chi connectivity index (χ0) is 15.0. The van der Waals surface area contributed by atoms with Gasteiger partial charge in [-0.25, -0.2) is 13.1 Å². The van der Waals surface area contributed by atoms with E-state index >= 15 is 0 Å². The van der Waals surface area contributed by atoms with Crippen molar-refractivity contribution in [3.05, 3.63) is 29.8 Å². The molecule has 0 aromatic heterocycles. The van der Waals surface area contributed by atoms with Gasteiger partial charge in [0.25, 0.3) is 0 Å². The van der Waals surface area contributed by atoms with Crippen LogP contribution in [0.5, 0.6) is 0 Å². The Balaban J connectivity index is 2.80. The zero-order valence-corrected chi connectivity index (χ0v) is 12.6. The first-order valence-electron chi connectivity index (χ1n) is 6.30. The lowest BCUT2D eigenvalue weighted by atomic mass is 10.2. The molecule has 110 valence electrons. The van der Waals surface area contributed by atoms with E-state index < -0.39 is 10.0 Å². The molecule has 0 amide bonds. The second-order valence-electron chi connectivity index (χ2n) is 4.50. The minimum absolute atomic E-state index is 0.00290. The molecule has 0 aliphatic carbocycles. The summed E-state index contributed by atoms with van der Waals surface area (Å²) in [5, 5.41) is 8.66. The Kier molecular flexibility index (Phi) is 6.68. The molecule has 0 fully saturated rings. The first-order valence-corrected chi connectivity index (χ1v) is 7.78. The Labute approximate surface area is 120 Å². The van der Waals surface area contributed by atoms with Gasteiger partial charge < -0.3 is 10.0 Å². The highest BCUT2D eigenvalue weighted by atomic mass is 32.2. The molecule has 0 saturated heterocycles. The summed E-state index contributed by atoms with van der Waals surface area (Å²) in [6, 6.07) is 6.46. The molecular formula is C14H20N2O3S. The van der Waals surface area contributed by atoms with Crippen LogP contribution in [0.4, 0.5) is 0 Å². The molecule has 0 saturated carbocycles. The number of sulfonamides is 1. The van der Waals surface area contributed by atoms with Crippen LogP contribution >= 0.6 is 0 Å². The Bertz CT molecular complexity index is 586. The number of hydrogen-bond acceptors (Lipinski definition) is 4. The van der Waals surface area contributed by atoms with Crippen LogP contribution in [0, 0.1) is 11.8 Å². The maximum Gasteiger partial charge on any atom is 0.240 e. The van der Waals surface area contributed by atoms with Gasteiger partial charge in [-0.15, -0.1) is 0 Å². The summed E-state index contributed by atoms with van der Waals surface area (Å²) < 4.78 is 26.7. The summed E-state index contributed by atoms with van der Waals surface area (Å²) in [6.45, 7) is 0.988. The van der Waals surface area contributed by atoms with Crippen LogP contribution in [0.3, 0.4) is 0 Å². The fourth-order valence-corrected chi connectivity index (χ4v) is 2.51. The van der Waals surface area contributed by atoms with E-state index in [2.05, 4.69) is 16.6 Å². The molecule has 1 aromatic rings. The standard InChI is InChI=1S/C14H20N2O3S/c1-16(2)10-9-15-20(18,19)14-8-5-7-13(12-14)6-3-4-11-17/h5,7-8,12,15,17H,4,9-11H2,1-2H3.